The third kappa shape index (κ3) is 3.76. The minimum atomic E-state index is 0.601. The molecule has 0 aromatic carbocycles. The fourth-order valence-electron chi connectivity index (χ4n) is 3.00. The van der Waals surface area contributed by atoms with Gasteiger partial charge in [0.05, 0.1) is 6.10 Å². The Kier molecular flexibility index (Phi) is 4.45. The predicted molar refractivity (Wildman–Crippen MR) is 63.0 cm³/mol. The van der Waals surface area contributed by atoms with Gasteiger partial charge in [-0.2, -0.15) is 0 Å². The van der Waals surface area contributed by atoms with Crippen molar-refractivity contribution >= 4 is 0 Å². The van der Waals surface area contributed by atoms with Crippen LogP contribution < -0.4 is 5.32 Å². The van der Waals surface area contributed by atoms with Gasteiger partial charge in [0.2, 0.25) is 0 Å². The van der Waals surface area contributed by atoms with Gasteiger partial charge >= 0.3 is 0 Å². The number of nitrogens with one attached hydrogen (secondary N) is 1. The summed E-state index contributed by atoms with van der Waals surface area (Å²) in [5.74, 6) is 0.975. The molecule has 15 heavy (non-hydrogen) atoms. The van der Waals surface area contributed by atoms with Crippen LogP contribution in [0.3, 0.4) is 0 Å². The van der Waals surface area contributed by atoms with Gasteiger partial charge in [-0.3, -0.25) is 0 Å². The van der Waals surface area contributed by atoms with Gasteiger partial charge in [0.1, 0.15) is 0 Å². The largest absolute Gasteiger partial charge is 0.378 e. The molecule has 0 amide bonds. The molecule has 0 saturated carbocycles. The molecule has 0 radical (unpaired) electrons. The monoisotopic (exact) mass is 211 g/mol. The molecule has 2 aliphatic heterocycles. The number of hydrogen-bond donors (Lipinski definition) is 1. The smallest absolute Gasteiger partial charge is 0.0576 e. The molecule has 1 N–H and O–H groups in total. The van der Waals surface area contributed by atoms with E-state index in [2.05, 4.69) is 12.2 Å². The number of piperidine rings is 1. The minimum Gasteiger partial charge on any atom is -0.378 e. The van der Waals surface area contributed by atoms with Crippen molar-refractivity contribution in [2.45, 2.75) is 64.0 Å². The normalized spacial score (nSPS) is 37.0. The summed E-state index contributed by atoms with van der Waals surface area (Å²) in [6.45, 7) is 4.55. The molecule has 88 valence electrons. The van der Waals surface area contributed by atoms with Crippen LogP contribution in [0.4, 0.5) is 0 Å². The molecule has 2 nitrogen and oxygen atoms in total. The fraction of sp³-hybridized carbons (Fsp3) is 1.00. The first kappa shape index (κ1) is 11.4. The van der Waals surface area contributed by atoms with Gasteiger partial charge in [0.15, 0.2) is 0 Å². The molecular formula is C13H25NO. The summed E-state index contributed by atoms with van der Waals surface area (Å²) < 4.78 is 5.65. The summed E-state index contributed by atoms with van der Waals surface area (Å²) in [5.41, 5.74) is 0. The standard InChI is InChI=1S/C13H25NO/c1-11-10-12(7-8-14-11)4-2-5-13-6-3-9-15-13/h11-14H,2-10H2,1H3. The third-order valence-corrected chi connectivity index (χ3v) is 3.89. The van der Waals surface area contributed by atoms with Crippen molar-refractivity contribution in [1.82, 2.24) is 5.32 Å². The fourth-order valence-corrected chi connectivity index (χ4v) is 3.00. The zero-order valence-corrected chi connectivity index (χ0v) is 10.0. The second kappa shape index (κ2) is 5.86. The van der Waals surface area contributed by atoms with Gasteiger partial charge < -0.3 is 10.1 Å². The maximum Gasteiger partial charge on any atom is 0.0576 e. The topological polar surface area (TPSA) is 21.3 Å². The first-order chi connectivity index (χ1) is 7.34. The molecule has 3 atom stereocenters. The second-order valence-electron chi connectivity index (χ2n) is 5.31. The van der Waals surface area contributed by atoms with E-state index in [-0.39, 0.29) is 0 Å². The van der Waals surface area contributed by atoms with Crippen LogP contribution in [-0.2, 0) is 4.74 Å². The summed E-state index contributed by atoms with van der Waals surface area (Å²) in [5, 5.41) is 3.52. The van der Waals surface area contributed by atoms with Gasteiger partial charge in [-0.05, 0) is 51.5 Å². The van der Waals surface area contributed by atoms with Crippen LogP contribution >= 0.6 is 0 Å². The minimum absolute atomic E-state index is 0.601. The summed E-state index contributed by atoms with van der Waals surface area (Å²) >= 11 is 0. The van der Waals surface area contributed by atoms with E-state index in [1.54, 1.807) is 0 Å². The lowest BCUT2D eigenvalue weighted by atomic mass is 9.88. The molecule has 0 aromatic heterocycles. The van der Waals surface area contributed by atoms with E-state index >= 15 is 0 Å². The summed E-state index contributed by atoms with van der Waals surface area (Å²) in [4.78, 5) is 0. The Morgan fingerprint density at radius 3 is 2.93 bits per heavy atom. The van der Waals surface area contributed by atoms with E-state index in [0.717, 1.165) is 18.6 Å². The van der Waals surface area contributed by atoms with Crippen LogP contribution in [0.15, 0.2) is 0 Å². The third-order valence-electron chi connectivity index (χ3n) is 3.89. The summed E-state index contributed by atoms with van der Waals surface area (Å²) in [7, 11) is 0. The number of ether oxygens (including phenoxy) is 1. The maximum absolute atomic E-state index is 5.65. The van der Waals surface area contributed by atoms with Crippen molar-refractivity contribution in [3.63, 3.8) is 0 Å². The van der Waals surface area contributed by atoms with Crippen molar-refractivity contribution in [3.8, 4) is 0 Å². The molecule has 2 saturated heterocycles. The molecule has 2 fully saturated rings. The maximum atomic E-state index is 5.65. The van der Waals surface area contributed by atoms with Crippen LogP contribution in [0.5, 0.6) is 0 Å². The number of hydrogen-bond acceptors (Lipinski definition) is 2. The molecule has 2 heteroatoms. The van der Waals surface area contributed by atoms with Gasteiger partial charge in [-0.15, -0.1) is 0 Å². The van der Waals surface area contributed by atoms with Crippen LogP contribution in [0.25, 0.3) is 0 Å². The summed E-state index contributed by atoms with van der Waals surface area (Å²) in [6.07, 6.45) is 10.1. The molecule has 0 aliphatic carbocycles. The molecule has 0 aromatic rings. The van der Waals surface area contributed by atoms with E-state index in [1.807, 2.05) is 0 Å². The van der Waals surface area contributed by atoms with E-state index in [1.165, 1.54) is 51.5 Å². The Hall–Kier alpha value is -0.0800. The zero-order valence-electron chi connectivity index (χ0n) is 10.0. The first-order valence-corrected chi connectivity index (χ1v) is 6.69. The lowest BCUT2D eigenvalue weighted by molar-refractivity contribution is 0.0998. The highest BCUT2D eigenvalue weighted by atomic mass is 16.5. The van der Waals surface area contributed by atoms with Crippen LogP contribution in [0, 0.1) is 5.92 Å². The molecular weight excluding hydrogens is 186 g/mol. The second-order valence-corrected chi connectivity index (χ2v) is 5.31. The van der Waals surface area contributed by atoms with Crippen molar-refractivity contribution in [1.29, 1.82) is 0 Å². The molecule has 3 unspecified atom stereocenters. The lowest BCUT2D eigenvalue weighted by Gasteiger charge is -2.28. The first-order valence-electron chi connectivity index (χ1n) is 6.69. The Labute approximate surface area is 93.8 Å². The molecule has 0 spiro atoms. The average Bonchev–Trinajstić information content (AvgIpc) is 2.71. The quantitative estimate of drug-likeness (QED) is 0.772. The van der Waals surface area contributed by atoms with Gasteiger partial charge in [0, 0.05) is 12.6 Å². The van der Waals surface area contributed by atoms with Crippen molar-refractivity contribution in [3.05, 3.63) is 0 Å². The van der Waals surface area contributed by atoms with Gasteiger partial charge in [-0.1, -0.05) is 12.8 Å². The molecule has 2 aliphatic rings. The number of rotatable bonds is 4. The summed E-state index contributed by atoms with van der Waals surface area (Å²) in [6, 6.07) is 0.742. The Morgan fingerprint density at radius 2 is 2.20 bits per heavy atom. The highest BCUT2D eigenvalue weighted by molar-refractivity contribution is 4.75. The Balaban J connectivity index is 1.56. The Bertz CT molecular complexity index is 177. The Morgan fingerprint density at radius 1 is 1.27 bits per heavy atom. The van der Waals surface area contributed by atoms with E-state index < -0.39 is 0 Å². The van der Waals surface area contributed by atoms with Crippen molar-refractivity contribution < 1.29 is 4.74 Å². The lowest BCUT2D eigenvalue weighted by Crippen LogP contribution is -2.35. The highest BCUT2D eigenvalue weighted by Crippen LogP contribution is 2.24. The van der Waals surface area contributed by atoms with E-state index in [4.69, 9.17) is 4.74 Å². The highest BCUT2D eigenvalue weighted by Gasteiger charge is 2.19. The molecule has 2 heterocycles. The van der Waals surface area contributed by atoms with Crippen LogP contribution in [0.2, 0.25) is 0 Å². The van der Waals surface area contributed by atoms with E-state index in [0.29, 0.717) is 6.10 Å². The predicted octanol–water partition coefficient (Wildman–Crippen LogP) is 2.72. The van der Waals surface area contributed by atoms with Crippen molar-refractivity contribution in [2.24, 2.45) is 5.92 Å². The van der Waals surface area contributed by atoms with E-state index in [9.17, 15) is 0 Å². The van der Waals surface area contributed by atoms with Crippen LogP contribution in [0.1, 0.15) is 51.9 Å². The zero-order chi connectivity index (χ0) is 10.5. The van der Waals surface area contributed by atoms with Crippen LogP contribution in [-0.4, -0.2) is 25.3 Å². The van der Waals surface area contributed by atoms with Gasteiger partial charge in [-0.25, -0.2) is 0 Å². The van der Waals surface area contributed by atoms with Gasteiger partial charge in [0.25, 0.3) is 0 Å². The van der Waals surface area contributed by atoms with Crippen molar-refractivity contribution in [2.75, 3.05) is 13.2 Å². The SMILES string of the molecule is CC1CC(CCCC2CCCO2)CCN1. The molecule has 0 bridgehead atoms. The molecule has 2 rings (SSSR count). The average molecular weight is 211 g/mol.